The molecule has 1 aromatic carbocycles. The average molecular weight is 233 g/mol. The van der Waals surface area contributed by atoms with Crippen molar-refractivity contribution < 1.29 is 4.79 Å². The molecule has 0 aliphatic carbocycles. The zero-order chi connectivity index (χ0) is 12.8. The fourth-order valence-corrected chi connectivity index (χ4v) is 1.55. The van der Waals surface area contributed by atoms with Gasteiger partial charge >= 0.3 is 0 Å². The van der Waals surface area contributed by atoms with Crippen molar-refractivity contribution in [1.82, 2.24) is 5.32 Å². The Morgan fingerprint density at radius 1 is 1.59 bits per heavy atom. The van der Waals surface area contributed by atoms with E-state index in [1.807, 2.05) is 19.1 Å². The second kappa shape index (κ2) is 5.94. The Bertz CT molecular complexity index is 415. The molecule has 0 saturated carbocycles. The van der Waals surface area contributed by atoms with Crippen molar-refractivity contribution in [3.63, 3.8) is 0 Å². The first-order valence-corrected chi connectivity index (χ1v) is 5.57. The van der Waals surface area contributed by atoms with Gasteiger partial charge in [0.05, 0.1) is 11.4 Å². The van der Waals surface area contributed by atoms with Gasteiger partial charge in [-0.2, -0.15) is 0 Å². The zero-order valence-electron chi connectivity index (χ0n) is 10.3. The quantitative estimate of drug-likeness (QED) is 0.538. The lowest BCUT2D eigenvalue weighted by Crippen LogP contribution is -2.19. The minimum absolute atomic E-state index is 0.137. The molecule has 0 aliphatic heterocycles. The molecule has 92 valence electrons. The second-order valence-corrected chi connectivity index (χ2v) is 3.95. The van der Waals surface area contributed by atoms with E-state index in [1.165, 1.54) is 0 Å². The van der Waals surface area contributed by atoms with E-state index in [2.05, 4.69) is 17.2 Å². The van der Waals surface area contributed by atoms with Crippen LogP contribution in [0.2, 0.25) is 0 Å². The van der Waals surface area contributed by atoms with Gasteiger partial charge in [-0.15, -0.1) is 6.58 Å². The molecular weight excluding hydrogens is 214 g/mol. The molecule has 1 aromatic rings. The van der Waals surface area contributed by atoms with Gasteiger partial charge in [0.25, 0.3) is 5.91 Å². The van der Waals surface area contributed by atoms with Crippen molar-refractivity contribution in [1.29, 1.82) is 0 Å². The molecule has 0 fully saturated rings. The van der Waals surface area contributed by atoms with Gasteiger partial charge in [-0.3, -0.25) is 4.79 Å². The number of nitrogen functional groups attached to an aromatic ring is 1. The number of hydrogen-bond acceptors (Lipinski definition) is 3. The van der Waals surface area contributed by atoms with E-state index >= 15 is 0 Å². The third kappa shape index (κ3) is 3.52. The Balaban J connectivity index is 2.82. The molecule has 0 aromatic heterocycles. The van der Waals surface area contributed by atoms with Crippen LogP contribution in [-0.4, -0.2) is 19.0 Å². The van der Waals surface area contributed by atoms with Crippen molar-refractivity contribution in [3.05, 3.63) is 36.4 Å². The highest BCUT2D eigenvalue weighted by atomic mass is 16.1. The number of carbonyl (C=O) groups excluding carboxylic acids is 1. The van der Waals surface area contributed by atoms with Crippen LogP contribution in [0, 0.1) is 0 Å². The van der Waals surface area contributed by atoms with Crippen LogP contribution in [0.4, 0.5) is 11.4 Å². The lowest BCUT2D eigenvalue weighted by atomic mass is 10.1. The van der Waals surface area contributed by atoms with Crippen LogP contribution >= 0.6 is 0 Å². The van der Waals surface area contributed by atoms with E-state index in [1.54, 1.807) is 19.2 Å². The monoisotopic (exact) mass is 233 g/mol. The summed E-state index contributed by atoms with van der Waals surface area (Å²) in [5, 5.41) is 5.83. The molecule has 17 heavy (non-hydrogen) atoms. The lowest BCUT2D eigenvalue weighted by Gasteiger charge is -2.15. The third-order valence-electron chi connectivity index (χ3n) is 2.46. The van der Waals surface area contributed by atoms with E-state index in [0.29, 0.717) is 11.3 Å². The molecule has 4 nitrogen and oxygen atoms in total. The minimum Gasteiger partial charge on any atom is -0.397 e. The number of benzene rings is 1. The summed E-state index contributed by atoms with van der Waals surface area (Å²) in [7, 11) is 1.59. The molecule has 1 atom stereocenters. The normalized spacial score (nSPS) is 11.6. The summed E-state index contributed by atoms with van der Waals surface area (Å²) in [4.78, 5) is 11.4. The van der Waals surface area contributed by atoms with E-state index in [0.717, 1.165) is 12.1 Å². The summed E-state index contributed by atoms with van der Waals surface area (Å²) in [6, 6.07) is 5.50. The summed E-state index contributed by atoms with van der Waals surface area (Å²) in [5.41, 5.74) is 7.86. The number of hydrogen-bond donors (Lipinski definition) is 3. The fourth-order valence-electron chi connectivity index (χ4n) is 1.55. The number of anilines is 2. The number of nitrogens with two attached hydrogens (primary N) is 1. The SMILES string of the molecule is C=CCC(C)Nc1ccc(C(=O)NC)cc1N. The van der Waals surface area contributed by atoms with Crippen molar-refractivity contribution >= 4 is 17.3 Å². The van der Waals surface area contributed by atoms with Gasteiger partial charge in [-0.05, 0) is 31.5 Å². The smallest absolute Gasteiger partial charge is 0.251 e. The summed E-state index contributed by atoms with van der Waals surface area (Å²) >= 11 is 0. The summed E-state index contributed by atoms with van der Waals surface area (Å²) in [5.74, 6) is -0.137. The van der Waals surface area contributed by atoms with Gasteiger partial charge in [-0.1, -0.05) is 6.08 Å². The first kappa shape index (κ1) is 13.1. The van der Waals surface area contributed by atoms with E-state index in [-0.39, 0.29) is 11.9 Å². The maximum Gasteiger partial charge on any atom is 0.251 e. The lowest BCUT2D eigenvalue weighted by molar-refractivity contribution is 0.0963. The maximum atomic E-state index is 11.4. The molecular formula is C13H19N3O. The summed E-state index contributed by atoms with van der Waals surface area (Å²) < 4.78 is 0. The molecule has 0 spiro atoms. The molecule has 0 bridgehead atoms. The standard InChI is InChI=1S/C13H19N3O/c1-4-5-9(2)16-12-7-6-10(8-11(12)14)13(17)15-3/h4,6-9,16H,1,5,14H2,2-3H3,(H,15,17). The van der Waals surface area contributed by atoms with Crippen molar-refractivity contribution in [2.24, 2.45) is 0 Å². The molecule has 0 radical (unpaired) electrons. The van der Waals surface area contributed by atoms with E-state index in [4.69, 9.17) is 5.73 Å². The first-order chi connectivity index (χ1) is 8.08. The molecule has 0 heterocycles. The highest BCUT2D eigenvalue weighted by molar-refractivity contribution is 5.95. The van der Waals surface area contributed by atoms with E-state index in [9.17, 15) is 4.79 Å². The molecule has 1 unspecified atom stereocenters. The predicted octanol–water partition coefficient (Wildman–Crippen LogP) is 2.00. The second-order valence-electron chi connectivity index (χ2n) is 3.95. The molecule has 4 N–H and O–H groups in total. The van der Waals surface area contributed by atoms with Crippen LogP contribution in [-0.2, 0) is 0 Å². The number of rotatable bonds is 5. The van der Waals surface area contributed by atoms with Crippen molar-refractivity contribution in [2.45, 2.75) is 19.4 Å². The molecule has 0 aliphatic rings. The van der Waals surface area contributed by atoms with Crippen LogP contribution in [0.1, 0.15) is 23.7 Å². The Labute approximate surface area is 102 Å². The van der Waals surface area contributed by atoms with Crippen LogP contribution in [0.5, 0.6) is 0 Å². The topological polar surface area (TPSA) is 67.2 Å². The van der Waals surface area contributed by atoms with E-state index < -0.39 is 0 Å². The van der Waals surface area contributed by atoms with Gasteiger partial charge < -0.3 is 16.4 Å². The predicted molar refractivity (Wildman–Crippen MR) is 72.1 cm³/mol. The summed E-state index contributed by atoms with van der Waals surface area (Å²) in [6.45, 7) is 5.74. The van der Waals surface area contributed by atoms with Gasteiger partial charge in [0.15, 0.2) is 0 Å². The number of amides is 1. The van der Waals surface area contributed by atoms with Crippen LogP contribution < -0.4 is 16.4 Å². The maximum absolute atomic E-state index is 11.4. The molecule has 1 amide bonds. The van der Waals surface area contributed by atoms with Crippen molar-refractivity contribution in [3.8, 4) is 0 Å². The van der Waals surface area contributed by atoms with Gasteiger partial charge in [0.1, 0.15) is 0 Å². The Morgan fingerprint density at radius 2 is 2.29 bits per heavy atom. The average Bonchev–Trinajstić information content (AvgIpc) is 2.31. The highest BCUT2D eigenvalue weighted by Gasteiger charge is 2.07. The summed E-state index contributed by atoms with van der Waals surface area (Å²) in [6.07, 6.45) is 2.71. The number of nitrogens with one attached hydrogen (secondary N) is 2. The Morgan fingerprint density at radius 3 is 2.82 bits per heavy atom. The molecule has 1 rings (SSSR count). The fraction of sp³-hybridized carbons (Fsp3) is 0.308. The van der Waals surface area contributed by atoms with Crippen LogP contribution in [0.25, 0.3) is 0 Å². The van der Waals surface area contributed by atoms with Gasteiger partial charge in [0.2, 0.25) is 0 Å². The van der Waals surface area contributed by atoms with Gasteiger partial charge in [0, 0.05) is 18.7 Å². The number of carbonyl (C=O) groups is 1. The molecule has 4 heteroatoms. The third-order valence-corrected chi connectivity index (χ3v) is 2.46. The Hall–Kier alpha value is -1.97. The van der Waals surface area contributed by atoms with Crippen molar-refractivity contribution in [2.75, 3.05) is 18.1 Å². The van der Waals surface area contributed by atoms with Gasteiger partial charge in [-0.25, -0.2) is 0 Å². The van der Waals surface area contributed by atoms with Crippen LogP contribution in [0.3, 0.4) is 0 Å². The first-order valence-electron chi connectivity index (χ1n) is 5.57. The zero-order valence-corrected chi connectivity index (χ0v) is 10.3. The minimum atomic E-state index is -0.137. The highest BCUT2D eigenvalue weighted by Crippen LogP contribution is 2.21. The Kier molecular flexibility index (Phi) is 4.57. The largest absolute Gasteiger partial charge is 0.397 e. The van der Waals surface area contributed by atoms with Crippen LogP contribution in [0.15, 0.2) is 30.9 Å². The molecule has 0 saturated heterocycles.